The SMILES string of the molecule is CCC(=O)c1cc(C[NH])ccn1. The maximum Gasteiger partial charge on any atom is 0.180 e. The summed E-state index contributed by atoms with van der Waals surface area (Å²) in [5.74, 6) is 0.0327. The first-order valence-electron chi connectivity index (χ1n) is 3.90. The normalized spacial score (nSPS) is 9.83. The Morgan fingerprint density at radius 1 is 1.67 bits per heavy atom. The Kier molecular flexibility index (Phi) is 2.94. The largest absolute Gasteiger partial charge is 0.292 e. The molecule has 0 atom stereocenters. The Balaban J connectivity index is 2.93. The first-order chi connectivity index (χ1) is 5.77. The van der Waals surface area contributed by atoms with Crippen LogP contribution in [0.5, 0.6) is 0 Å². The van der Waals surface area contributed by atoms with Crippen molar-refractivity contribution in [2.45, 2.75) is 19.9 Å². The molecule has 1 rings (SSSR count). The maximum atomic E-state index is 11.2. The number of ketones is 1. The van der Waals surface area contributed by atoms with Crippen molar-refractivity contribution in [1.29, 1.82) is 0 Å². The molecule has 0 fully saturated rings. The number of hydrogen-bond acceptors (Lipinski definition) is 2. The van der Waals surface area contributed by atoms with E-state index in [1.54, 1.807) is 25.3 Å². The highest BCUT2D eigenvalue weighted by Gasteiger charge is 2.03. The molecule has 0 amide bonds. The molecule has 1 aromatic heterocycles. The first-order valence-corrected chi connectivity index (χ1v) is 3.90. The third-order valence-corrected chi connectivity index (χ3v) is 1.64. The number of nitrogens with one attached hydrogen (secondary N) is 1. The molecule has 1 radical (unpaired) electrons. The molecule has 1 heterocycles. The molecule has 0 spiro atoms. The number of carbonyl (C=O) groups is 1. The molecule has 63 valence electrons. The fraction of sp³-hybridized carbons (Fsp3) is 0.333. The van der Waals surface area contributed by atoms with Gasteiger partial charge in [0.15, 0.2) is 5.78 Å². The van der Waals surface area contributed by atoms with Crippen LogP contribution in [-0.4, -0.2) is 10.8 Å². The fourth-order valence-electron chi connectivity index (χ4n) is 0.918. The van der Waals surface area contributed by atoms with Gasteiger partial charge in [-0.1, -0.05) is 6.92 Å². The summed E-state index contributed by atoms with van der Waals surface area (Å²) in [5.41, 5.74) is 8.41. The van der Waals surface area contributed by atoms with Gasteiger partial charge in [-0.15, -0.1) is 0 Å². The van der Waals surface area contributed by atoms with Crippen molar-refractivity contribution in [3.8, 4) is 0 Å². The molecule has 0 aromatic carbocycles. The lowest BCUT2D eigenvalue weighted by Crippen LogP contribution is -2.01. The fourth-order valence-corrected chi connectivity index (χ4v) is 0.918. The van der Waals surface area contributed by atoms with E-state index in [0.29, 0.717) is 12.1 Å². The predicted octanol–water partition coefficient (Wildman–Crippen LogP) is 1.46. The van der Waals surface area contributed by atoms with Crippen LogP contribution in [0.15, 0.2) is 18.3 Å². The van der Waals surface area contributed by atoms with Crippen LogP contribution in [0, 0.1) is 0 Å². The number of hydrogen-bond donors (Lipinski definition) is 0. The lowest BCUT2D eigenvalue weighted by Gasteiger charge is -1.98. The molecule has 0 saturated carbocycles. The highest BCUT2D eigenvalue weighted by molar-refractivity contribution is 5.94. The third-order valence-electron chi connectivity index (χ3n) is 1.64. The Morgan fingerprint density at radius 3 is 3.00 bits per heavy atom. The van der Waals surface area contributed by atoms with Crippen molar-refractivity contribution in [2.75, 3.05) is 0 Å². The quantitative estimate of drug-likeness (QED) is 0.633. The topological polar surface area (TPSA) is 53.8 Å². The summed E-state index contributed by atoms with van der Waals surface area (Å²) in [7, 11) is 0. The summed E-state index contributed by atoms with van der Waals surface area (Å²) in [5, 5.41) is 0. The van der Waals surface area contributed by atoms with E-state index in [1.165, 1.54) is 0 Å². The van der Waals surface area contributed by atoms with Crippen molar-refractivity contribution in [3.05, 3.63) is 29.6 Å². The van der Waals surface area contributed by atoms with Crippen LogP contribution in [0.1, 0.15) is 29.4 Å². The number of carbonyl (C=O) groups excluding carboxylic acids is 1. The van der Waals surface area contributed by atoms with Gasteiger partial charge in [-0.2, -0.15) is 0 Å². The van der Waals surface area contributed by atoms with Gasteiger partial charge in [0.2, 0.25) is 0 Å². The summed E-state index contributed by atoms with van der Waals surface area (Å²) in [6.45, 7) is 2.00. The highest BCUT2D eigenvalue weighted by atomic mass is 16.1. The van der Waals surface area contributed by atoms with Crippen molar-refractivity contribution < 1.29 is 4.79 Å². The number of rotatable bonds is 3. The van der Waals surface area contributed by atoms with E-state index in [9.17, 15) is 4.79 Å². The monoisotopic (exact) mass is 163 g/mol. The Labute approximate surface area is 71.6 Å². The number of nitrogens with zero attached hydrogens (tertiary/aromatic N) is 1. The molecule has 1 aromatic rings. The van der Waals surface area contributed by atoms with Gasteiger partial charge in [-0.3, -0.25) is 15.5 Å². The molecule has 3 heteroatoms. The van der Waals surface area contributed by atoms with E-state index < -0.39 is 0 Å². The molecule has 3 nitrogen and oxygen atoms in total. The van der Waals surface area contributed by atoms with E-state index in [-0.39, 0.29) is 12.3 Å². The molecule has 12 heavy (non-hydrogen) atoms. The van der Waals surface area contributed by atoms with Crippen LogP contribution < -0.4 is 5.73 Å². The number of Topliss-reactive ketones (excluding diaryl/α,β-unsaturated/α-hetero) is 1. The van der Waals surface area contributed by atoms with Crippen molar-refractivity contribution in [2.24, 2.45) is 0 Å². The second kappa shape index (κ2) is 3.97. The van der Waals surface area contributed by atoms with Gasteiger partial charge >= 0.3 is 0 Å². The molecule has 0 aliphatic carbocycles. The van der Waals surface area contributed by atoms with E-state index >= 15 is 0 Å². The number of aromatic nitrogens is 1. The predicted molar refractivity (Wildman–Crippen MR) is 45.7 cm³/mol. The zero-order valence-electron chi connectivity index (χ0n) is 7.00. The van der Waals surface area contributed by atoms with Gasteiger partial charge in [0.1, 0.15) is 5.69 Å². The Morgan fingerprint density at radius 2 is 2.42 bits per heavy atom. The van der Waals surface area contributed by atoms with E-state index in [0.717, 1.165) is 5.56 Å². The number of pyridine rings is 1. The van der Waals surface area contributed by atoms with Crippen LogP contribution in [0.3, 0.4) is 0 Å². The lowest BCUT2D eigenvalue weighted by atomic mass is 10.1. The van der Waals surface area contributed by atoms with Crippen molar-refractivity contribution in [3.63, 3.8) is 0 Å². The van der Waals surface area contributed by atoms with Gasteiger partial charge in [-0.05, 0) is 17.7 Å². The second-order valence-electron chi connectivity index (χ2n) is 2.50. The summed E-state index contributed by atoms with van der Waals surface area (Å²) in [4.78, 5) is 15.1. The van der Waals surface area contributed by atoms with E-state index in [4.69, 9.17) is 5.73 Å². The smallest absolute Gasteiger partial charge is 0.180 e. The zero-order chi connectivity index (χ0) is 8.97. The molecular weight excluding hydrogens is 152 g/mol. The van der Waals surface area contributed by atoms with Crippen molar-refractivity contribution in [1.82, 2.24) is 10.7 Å². The van der Waals surface area contributed by atoms with Crippen LogP contribution >= 0.6 is 0 Å². The molecular formula is C9H11N2O. The second-order valence-corrected chi connectivity index (χ2v) is 2.50. The molecule has 0 saturated heterocycles. The summed E-state index contributed by atoms with van der Waals surface area (Å²) < 4.78 is 0. The van der Waals surface area contributed by atoms with Crippen LogP contribution in [0.2, 0.25) is 0 Å². The minimum absolute atomic E-state index is 0.0327. The molecule has 0 aliphatic heterocycles. The Bertz CT molecular complexity index is 284. The molecule has 0 bridgehead atoms. The van der Waals surface area contributed by atoms with E-state index in [1.807, 2.05) is 0 Å². The van der Waals surface area contributed by atoms with E-state index in [2.05, 4.69) is 4.98 Å². The average molecular weight is 163 g/mol. The van der Waals surface area contributed by atoms with Crippen LogP contribution in [0.4, 0.5) is 0 Å². The van der Waals surface area contributed by atoms with Gasteiger partial charge in [0.05, 0.1) is 0 Å². The van der Waals surface area contributed by atoms with Gasteiger partial charge in [0.25, 0.3) is 0 Å². The summed E-state index contributed by atoms with van der Waals surface area (Å²) in [6.07, 6.45) is 2.04. The molecule has 0 aliphatic rings. The summed E-state index contributed by atoms with van der Waals surface area (Å²) >= 11 is 0. The van der Waals surface area contributed by atoms with Crippen molar-refractivity contribution >= 4 is 5.78 Å². The Hall–Kier alpha value is -1.22. The van der Waals surface area contributed by atoms with Gasteiger partial charge in [0, 0.05) is 19.2 Å². The maximum absolute atomic E-state index is 11.2. The van der Waals surface area contributed by atoms with Gasteiger partial charge in [-0.25, -0.2) is 0 Å². The van der Waals surface area contributed by atoms with Crippen LogP contribution in [-0.2, 0) is 6.54 Å². The zero-order valence-corrected chi connectivity index (χ0v) is 7.00. The summed E-state index contributed by atoms with van der Waals surface area (Å²) in [6, 6.07) is 3.43. The lowest BCUT2D eigenvalue weighted by molar-refractivity contribution is 0.0983. The average Bonchev–Trinajstić information content (AvgIpc) is 2.17. The molecule has 1 N–H and O–H groups in total. The first kappa shape index (κ1) is 8.87. The third kappa shape index (κ3) is 1.89. The molecule has 0 unspecified atom stereocenters. The highest BCUT2D eigenvalue weighted by Crippen LogP contribution is 2.03. The minimum atomic E-state index is 0.0327. The standard InChI is InChI=1S/C9H11N2O/c1-2-9(12)8-5-7(6-10)3-4-11-8/h3-5,10H,2,6H2,1H3. The van der Waals surface area contributed by atoms with Gasteiger partial charge < -0.3 is 0 Å². The minimum Gasteiger partial charge on any atom is -0.292 e. The van der Waals surface area contributed by atoms with Crippen LogP contribution in [0.25, 0.3) is 0 Å².